The molecule has 1 unspecified atom stereocenters. The Kier molecular flexibility index (Phi) is 7.07. The van der Waals surface area contributed by atoms with Crippen molar-refractivity contribution in [1.29, 1.82) is 0 Å². The minimum absolute atomic E-state index is 0.0779. The lowest BCUT2D eigenvalue weighted by Gasteiger charge is -2.35. The van der Waals surface area contributed by atoms with Gasteiger partial charge in [0.25, 0.3) is 0 Å². The van der Waals surface area contributed by atoms with Gasteiger partial charge >= 0.3 is 0 Å². The Morgan fingerprint density at radius 3 is 2.45 bits per heavy atom. The van der Waals surface area contributed by atoms with Crippen LogP contribution in [0.3, 0.4) is 0 Å². The number of thioether (sulfide) groups is 1. The first kappa shape index (κ1) is 17.5. The van der Waals surface area contributed by atoms with Gasteiger partial charge in [-0.2, -0.15) is 0 Å². The highest BCUT2D eigenvalue weighted by molar-refractivity contribution is 8.13. The van der Waals surface area contributed by atoms with E-state index in [0.29, 0.717) is 0 Å². The van der Waals surface area contributed by atoms with Crippen LogP contribution in [0, 0.1) is 0 Å². The summed E-state index contributed by atoms with van der Waals surface area (Å²) in [6, 6.07) is 7.78. The first-order chi connectivity index (χ1) is 9.36. The van der Waals surface area contributed by atoms with Gasteiger partial charge < -0.3 is 5.32 Å². The van der Waals surface area contributed by atoms with Crippen LogP contribution in [0.1, 0.15) is 51.3 Å². The molecule has 1 N–H and O–H groups in total. The van der Waals surface area contributed by atoms with Crippen molar-refractivity contribution in [1.82, 2.24) is 5.32 Å². The zero-order valence-corrected chi connectivity index (χ0v) is 14.3. The fraction of sp³-hybridized carbons (Fsp3) is 0.562. The Labute approximate surface area is 131 Å². The Bertz CT molecular complexity index is 431. The number of hydrogen-bond acceptors (Lipinski definition) is 3. The fourth-order valence-corrected chi connectivity index (χ4v) is 3.24. The third-order valence-corrected chi connectivity index (χ3v) is 4.90. The lowest BCUT2D eigenvalue weighted by molar-refractivity contribution is -0.109. The molecule has 0 bridgehead atoms. The molecule has 0 saturated heterocycles. The molecule has 0 aromatic heterocycles. The van der Waals surface area contributed by atoms with Gasteiger partial charge in [0.1, 0.15) is 0 Å². The van der Waals surface area contributed by atoms with Gasteiger partial charge in [-0.3, -0.25) is 4.79 Å². The molecule has 0 heterocycles. The molecule has 0 aliphatic rings. The predicted octanol–water partition coefficient (Wildman–Crippen LogP) is 4.83. The van der Waals surface area contributed by atoms with E-state index in [1.54, 1.807) is 6.92 Å². The monoisotopic (exact) mass is 313 g/mol. The quantitative estimate of drug-likeness (QED) is 0.731. The van der Waals surface area contributed by atoms with Gasteiger partial charge in [0.05, 0.1) is 5.25 Å². The van der Waals surface area contributed by atoms with Crippen LogP contribution in [0.4, 0.5) is 0 Å². The van der Waals surface area contributed by atoms with E-state index in [0.717, 1.165) is 30.0 Å². The van der Waals surface area contributed by atoms with E-state index in [2.05, 4.69) is 26.1 Å². The molecule has 0 saturated carbocycles. The van der Waals surface area contributed by atoms with Gasteiger partial charge in [-0.25, -0.2) is 0 Å². The van der Waals surface area contributed by atoms with Crippen molar-refractivity contribution < 1.29 is 4.79 Å². The molecule has 20 heavy (non-hydrogen) atoms. The molecule has 0 spiro atoms. The minimum atomic E-state index is -0.153. The molecule has 0 amide bonds. The number of benzene rings is 1. The van der Waals surface area contributed by atoms with E-state index in [1.165, 1.54) is 11.8 Å². The second-order valence-corrected chi connectivity index (χ2v) is 7.26. The number of carbonyl (C=O) groups excluding carboxylic acids is 1. The van der Waals surface area contributed by atoms with Crippen molar-refractivity contribution in [3.05, 3.63) is 34.9 Å². The van der Waals surface area contributed by atoms with Crippen LogP contribution in [0.25, 0.3) is 0 Å². The largest absolute Gasteiger partial charge is 0.310 e. The first-order valence-corrected chi connectivity index (χ1v) is 8.30. The topological polar surface area (TPSA) is 29.1 Å². The summed E-state index contributed by atoms with van der Waals surface area (Å²) in [7, 11) is 0. The summed E-state index contributed by atoms with van der Waals surface area (Å²) in [6.45, 7) is 9.06. The molecule has 1 rings (SSSR count). The summed E-state index contributed by atoms with van der Waals surface area (Å²) in [4.78, 5) is 11.6. The van der Waals surface area contributed by atoms with Crippen LogP contribution >= 0.6 is 23.4 Å². The summed E-state index contributed by atoms with van der Waals surface area (Å²) in [5.41, 5.74) is 0.975. The number of hydrogen-bond donors (Lipinski definition) is 1. The standard InChI is InChI=1S/C16H24ClNOS/c1-5-6-11-18-16(3,4)15(20-12(2)19)13-7-9-14(17)10-8-13/h7-10,15,18H,5-6,11H2,1-4H3. The molecule has 0 aliphatic carbocycles. The van der Waals surface area contributed by atoms with Gasteiger partial charge in [0.2, 0.25) is 0 Å². The van der Waals surface area contributed by atoms with Crippen molar-refractivity contribution in [2.75, 3.05) is 6.54 Å². The van der Waals surface area contributed by atoms with Gasteiger partial charge in [-0.15, -0.1) is 0 Å². The van der Waals surface area contributed by atoms with Gasteiger partial charge in [-0.05, 0) is 44.5 Å². The van der Waals surface area contributed by atoms with E-state index < -0.39 is 0 Å². The fourth-order valence-electron chi connectivity index (χ4n) is 2.12. The highest BCUT2D eigenvalue weighted by Crippen LogP contribution is 2.39. The first-order valence-electron chi connectivity index (χ1n) is 7.04. The van der Waals surface area contributed by atoms with Crippen molar-refractivity contribution in [3.63, 3.8) is 0 Å². The summed E-state index contributed by atoms with van der Waals surface area (Å²) in [5.74, 6) is 0. The Morgan fingerprint density at radius 2 is 1.95 bits per heavy atom. The molecule has 0 radical (unpaired) electrons. The van der Waals surface area contributed by atoms with Crippen LogP contribution < -0.4 is 5.32 Å². The lowest BCUT2D eigenvalue weighted by atomic mass is 9.94. The van der Waals surface area contributed by atoms with E-state index in [9.17, 15) is 4.79 Å². The minimum Gasteiger partial charge on any atom is -0.310 e. The highest BCUT2D eigenvalue weighted by atomic mass is 35.5. The van der Waals surface area contributed by atoms with Gasteiger partial charge in [0.15, 0.2) is 5.12 Å². The van der Waals surface area contributed by atoms with Gasteiger partial charge in [0, 0.05) is 17.5 Å². The maximum atomic E-state index is 11.6. The smallest absolute Gasteiger partial charge is 0.186 e. The molecule has 0 fully saturated rings. The maximum absolute atomic E-state index is 11.6. The van der Waals surface area contributed by atoms with E-state index >= 15 is 0 Å². The molecule has 4 heteroatoms. The predicted molar refractivity (Wildman–Crippen MR) is 89.5 cm³/mol. The second kappa shape index (κ2) is 8.06. The Morgan fingerprint density at radius 1 is 1.35 bits per heavy atom. The molecular weight excluding hydrogens is 290 g/mol. The Hall–Kier alpha value is -0.510. The summed E-state index contributed by atoms with van der Waals surface area (Å²) in [5, 5.41) is 4.50. The van der Waals surface area contributed by atoms with Crippen LogP contribution in [0.2, 0.25) is 5.02 Å². The maximum Gasteiger partial charge on any atom is 0.186 e. The van der Waals surface area contributed by atoms with Crippen molar-refractivity contribution in [3.8, 4) is 0 Å². The zero-order valence-electron chi connectivity index (χ0n) is 12.7. The van der Waals surface area contributed by atoms with Crippen LogP contribution in [0.15, 0.2) is 24.3 Å². The highest BCUT2D eigenvalue weighted by Gasteiger charge is 2.31. The van der Waals surface area contributed by atoms with Crippen molar-refractivity contribution >= 4 is 28.5 Å². The van der Waals surface area contributed by atoms with Crippen molar-refractivity contribution in [2.24, 2.45) is 0 Å². The second-order valence-electron chi connectivity index (χ2n) is 5.54. The molecule has 1 aromatic rings. The normalized spacial score (nSPS) is 13.2. The number of carbonyl (C=O) groups is 1. The van der Waals surface area contributed by atoms with Crippen molar-refractivity contribution in [2.45, 2.75) is 51.3 Å². The Balaban J connectivity index is 2.92. The SMILES string of the molecule is CCCCNC(C)(C)C(SC(C)=O)c1ccc(Cl)cc1. The molecule has 2 nitrogen and oxygen atoms in total. The average Bonchev–Trinajstić information content (AvgIpc) is 2.37. The molecule has 0 aliphatic heterocycles. The van der Waals surface area contributed by atoms with Gasteiger partial charge in [-0.1, -0.05) is 48.8 Å². The number of halogens is 1. The van der Waals surface area contributed by atoms with Crippen LogP contribution in [-0.2, 0) is 4.79 Å². The summed E-state index contributed by atoms with van der Waals surface area (Å²) < 4.78 is 0. The summed E-state index contributed by atoms with van der Waals surface area (Å²) in [6.07, 6.45) is 2.30. The number of nitrogens with one attached hydrogen (secondary N) is 1. The third-order valence-electron chi connectivity index (χ3n) is 3.22. The zero-order chi connectivity index (χ0) is 15.2. The average molecular weight is 314 g/mol. The summed E-state index contributed by atoms with van der Waals surface area (Å²) >= 11 is 7.33. The molecule has 1 aromatic carbocycles. The van der Waals surface area contributed by atoms with E-state index in [1.807, 2.05) is 24.3 Å². The molecular formula is C16H24ClNOS. The van der Waals surface area contributed by atoms with Crippen LogP contribution in [-0.4, -0.2) is 17.2 Å². The third kappa shape index (κ3) is 5.47. The number of unbranched alkanes of at least 4 members (excludes halogenated alkanes) is 1. The molecule has 112 valence electrons. The lowest BCUT2D eigenvalue weighted by Crippen LogP contribution is -2.44. The van der Waals surface area contributed by atoms with E-state index in [4.69, 9.17) is 11.6 Å². The van der Waals surface area contributed by atoms with Crippen LogP contribution in [0.5, 0.6) is 0 Å². The molecule has 1 atom stereocenters. The number of rotatable bonds is 7. The van der Waals surface area contributed by atoms with E-state index in [-0.39, 0.29) is 15.9 Å².